The lowest BCUT2D eigenvalue weighted by Gasteiger charge is -2.14. The van der Waals surface area contributed by atoms with Crippen molar-refractivity contribution in [2.75, 3.05) is 11.9 Å². The molecule has 3 rings (SSSR count). The van der Waals surface area contributed by atoms with Crippen LogP contribution in [-0.2, 0) is 9.59 Å². The maximum atomic E-state index is 12.6. The van der Waals surface area contributed by atoms with Gasteiger partial charge in [-0.2, -0.15) is 0 Å². The van der Waals surface area contributed by atoms with Crippen molar-refractivity contribution in [1.82, 2.24) is 4.90 Å². The molecule has 1 aliphatic rings. The highest BCUT2D eigenvalue weighted by atomic mass is 35.5. The molecule has 1 saturated heterocycles. The summed E-state index contributed by atoms with van der Waals surface area (Å²) in [6.07, 6.45) is 1.69. The van der Waals surface area contributed by atoms with Crippen LogP contribution in [0.5, 0.6) is 0 Å². The van der Waals surface area contributed by atoms with Gasteiger partial charge in [-0.25, -0.2) is 4.79 Å². The Morgan fingerprint density at radius 3 is 2.39 bits per heavy atom. The molecule has 2 aromatic rings. The predicted molar refractivity (Wildman–Crippen MR) is 113 cm³/mol. The topological polar surface area (TPSA) is 86.7 Å². The van der Waals surface area contributed by atoms with Gasteiger partial charge >= 0.3 is 5.97 Å². The number of carbonyl (C=O) groups excluding carboxylic acids is 2. The number of thioether (sulfide) groups is 1. The smallest absolute Gasteiger partial charge is 0.335 e. The summed E-state index contributed by atoms with van der Waals surface area (Å²) in [6, 6.07) is 12.7. The van der Waals surface area contributed by atoms with Crippen LogP contribution in [0.1, 0.15) is 15.9 Å². The summed E-state index contributed by atoms with van der Waals surface area (Å²) in [5.41, 5.74) is 1.34. The largest absolute Gasteiger partial charge is 0.478 e. The second kappa shape index (κ2) is 8.55. The van der Waals surface area contributed by atoms with E-state index >= 15 is 0 Å². The average Bonchev–Trinajstić information content (AvgIpc) is 2.91. The van der Waals surface area contributed by atoms with Gasteiger partial charge in [0.2, 0.25) is 5.91 Å². The van der Waals surface area contributed by atoms with Gasteiger partial charge in [-0.05, 0) is 48.0 Å². The molecule has 0 unspecified atom stereocenters. The number of anilines is 1. The molecule has 0 atom stereocenters. The molecule has 142 valence electrons. The zero-order chi connectivity index (χ0) is 20.3. The molecule has 28 heavy (non-hydrogen) atoms. The molecule has 0 saturated carbocycles. The SMILES string of the molecule is O=C(CN1C(=O)/C(=C/c2ccc(Cl)cc2)SC1=S)Nc1ccc(C(=O)O)cc1. The molecule has 0 spiro atoms. The number of carboxylic acids is 1. The van der Waals surface area contributed by atoms with Gasteiger partial charge in [0.1, 0.15) is 10.9 Å². The van der Waals surface area contributed by atoms with E-state index in [9.17, 15) is 14.4 Å². The van der Waals surface area contributed by atoms with Crippen LogP contribution >= 0.6 is 35.6 Å². The van der Waals surface area contributed by atoms with Crippen LogP contribution in [0.3, 0.4) is 0 Å². The normalized spacial score (nSPS) is 15.2. The number of aromatic carboxylic acids is 1. The fourth-order valence-electron chi connectivity index (χ4n) is 2.39. The fraction of sp³-hybridized carbons (Fsp3) is 0.0526. The van der Waals surface area contributed by atoms with E-state index in [0.717, 1.165) is 17.3 Å². The summed E-state index contributed by atoms with van der Waals surface area (Å²) in [6.45, 7) is -0.233. The highest BCUT2D eigenvalue weighted by molar-refractivity contribution is 8.26. The van der Waals surface area contributed by atoms with Crippen molar-refractivity contribution in [3.8, 4) is 0 Å². The molecular weight excluding hydrogens is 420 g/mol. The summed E-state index contributed by atoms with van der Waals surface area (Å²) in [7, 11) is 0. The van der Waals surface area contributed by atoms with Crippen LogP contribution in [0.15, 0.2) is 53.4 Å². The first-order valence-corrected chi connectivity index (χ1v) is 9.58. The summed E-state index contributed by atoms with van der Waals surface area (Å²) >= 11 is 12.2. The van der Waals surface area contributed by atoms with Crippen molar-refractivity contribution in [3.05, 3.63) is 69.6 Å². The maximum absolute atomic E-state index is 12.6. The van der Waals surface area contributed by atoms with Gasteiger partial charge < -0.3 is 10.4 Å². The minimum Gasteiger partial charge on any atom is -0.478 e. The van der Waals surface area contributed by atoms with E-state index in [-0.39, 0.29) is 18.0 Å². The molecule has 0 aliphatic carbocycles. The molecule has 2 N–H and O–H groups in total. The second-order valence-corrected chi connectivity index (χ2v) is 7.86. The second-order valence-electron chi connectivity index (χ2n) is 5.75. The molecule has 1 aliphatic heterocycles. The molecular formula is C19H13ClN2O4S2. The number of nitrogens with one attached hydrogen (secondary N) is 1. The molecule has 1 fully saturated rings. The average molecular weight is 433 g/mol. The van der Waals surface area contributed by atoms with Crippen LogP contribution in [0.2, 0.25) is 5.02 Å². The predicted octanol–water partition coefficient (Wildman–Crippen LogP) is 3.88. The first kappa shape index (κ1) is 20.1. The molecule has 2 amide bonds. The number of carbonyl (C=O) groups is 3. The van der Waals surface area contributed by atoms with Gasteiger partial charge in [-0.3, -0.25) is 14.5 Å². The molecule has 1 heterocycles. The third kappa shape index (κ3) is 4.78. The number of carboxylic acid groups (broad SMARTS) is 1. The van der Waals surface area contributed by atoms with E-state index in [0.29, 0.717) is 19.9 Å². The van der Waals surface area contributed by atoms with Crippen molar-refractivity contribution in [2.24, 2.45) is 0 Å². The van der Waals surface area contributed by atoms with Crippen molar-refractivity contribution in [1.29, 1.82) is 0 Å². The number of amides is 2. The van der Waals surface area contributed by atoms with E-state index in [1.807, 2.05) is 0 Å². The number of halogens is 1. The Balaban J connectivity index is 1.65. The Hall–Kier alpha value is -2.68. The highest BCUT2D eigenvalue weighted by Gasteiger charge is 2.33. The van der Waals surface area contributed by atoms with Crippen molar-refractivity contribution in [2.45, 2.75) is 0 Å². The van der Waals surface area contributed by atoms with Gasteiger partial charge in [0.05, 0.1) is 10.5 Å². The lowest BCUT2D eigenvalue weighted by Crippen LogP contribution is -2.36. The minimum atomic E-state index is -1.05. The van der Waals surface area contributed by atoms with Crippen LogP contribution in [0.4, 0.5) is 5.69 Å². The Morgan fingerprint density at radius 2 is 1.79 bits per heavy atom. The first-order chi connectivity index (χ1) is 13.3. The maximum Gasteiger partial charge on any atom is 0.335 e. The Bertz CT molecular complexity index is 988. The van der Waals surface area contributed by atoms with E-state index in [4.69, 9.17) is 28.9 Å². The van der Waals surface area contributed by atoms with Gasteiger partial charge in [0.25, 0.3) is 5.91 Å². The van der Waals surface area contributed by atoms with Gasteiger partial charge in [-0.1, -0.05) is 47.7 Å². The highest BCUT2D eigenvalue weighted by Crippen LogP contribution is 2.32. The van der Waals surface area contributed by atoms with Crippen molar-refractivity contribution < 1.29 is 19.5 Å². The van der Waals surface area contributed by atoms with Crippen molar-refractivity contribution >= 4 is 69.4 Å². The summed E-state index contributed by atoms with van der Waals surface area (Å²) in [4.78, 5) is 37.3. The molecule has 0 bridgehead atoms. The van der Waals surface area contributed by atoms with Crippen LogP contribution in [-0.4, -0.2) is 38.7 Å². The third-order valence-electron chi connectivity index (χ3n) is 3.76. The number of benzene rings is 2. The summed E-state index contributed by atoms with van der Waals surface area (Å²) < 4.78 is 0.293. The lowest BCUT2D eigenvalue weighted by atomic mass is 10.2. The number of hydrogen-bond acceptors (Lipinski definition) is 5. The van der Waals surface area contributed by atoms with Gasteiger partial charge in [0, 0.05) is 10.7 Å². The van der Waals surface area contributed by atoms with E-state index in [2.05, 4.69) is 5.32 Å². The number of thiocarbonyl (C=S) groups is 1. The number of nitrogens with zero attached hydrogens (tertiary/aromatic N) is 1. The zero-order valence-corrected chi connectivity index (χ0v) is 16.6. The third-order valence-corrected chi connectivity index (χ3v) is 5.39. The van der Waals surface area contributed by atoms with Gasteiger partial charge in [0.15, 0.2) is 0 Å². The Morgan fingerprint density at radius 1 is 1.14 bits per heavy atom. The van der Waals surface area contributed by atoms with Gasteiger partial charge in [-0.15, -0.1) is 0 Å². The minimum absolute atomic E-state index is 0.113. The quantitative estimate of drug-likeness (QED) is 0.550. The number of hydrogen-bond donors (Lipinski definition) is 2. The summed E-state index contributed by atoms with van der Waals surface area (Å²) in [5, 5.41) is 12.1. The molecule has 9 heteroatoms. The standard InChI is InChI=1S/C19H13ClN2O4S2/c20-13-5-1-11(2-6-13)9-15-17(24)22(19(27)28-15)10-16(23)21-14-7-3-12(4-8-14)18(25)26/h1-9H,10H2,(H,21,23)(H,25,26)/b15-9-. The van der Waals surface area contributed by atoms with E-state index < -0.39 is 11.9 Å². The summed E-state index contributed by atoms with van der Waals surface area (Å²) in [5.74, 6) is -1.84. The lowest BCUT2D eigenvalue weighted by molar-refractivity contribution is -0.126. The first-order valence-electron chi connectivity index (χ1n) is 7.97. The number of rotatable bonds is 5. The molecule has 2 aromatic carbocycles. The monoisotopic (exact) mass is 432 g/mol. The molecule has 0 radical (unpaired) electrons. The van der Waals surface area contributed by atoms with Crippen molar-refractivity contribution in [3.63, 3.8) is 0 Å². The fourth-order valence-corrected chi connectivity index (χ4v) is 3.77. The Kier molecular flexibility index (Phi) is 6.13. The molecule has 6 nitrogen and oxygen atoms in total. The van der Waals surface area contributed by atoms with Crippen LogP contribution in [0, 0.1) is 0 Å². The van der Waals surface area contributed by atoms with Crippen LogP contribution in [0.25, 0.3) is 6.08 Å². The van der Waals surface area contributed by atoms with E-state index in [1.54, 1.807) is 30.3 Å². The molecule has 0 aromatic heterocycles. The zero-order valence-electron chi connectivity index (χ0n) is 14.2. The van der Waals surface area contributed by atoms with E-state index in [1.165, 1.54) is 29.2 Å². The Labute approximate surface area is 175 Å². The van der Waals surface area contributed by atoms with Crippen LogP contribution < -0.4 is 5.32 Å².